The van der Waals surface area contributed by atoms with Gasteiger partial charge in [-0.25, -0.2) is 8.42 Å². The molecule has 1 aromatic heterocycles. The second kappa shape index (κ2) is 8.42. The normalized spacial score (nSPS) is 11.6. The summed E-state index contributed by atoms with van der Waals surface area (Å²) in [5.41, 5.74) is 4.75. The van der Waals surface area contributed by atoms with Gasteiger partial charge in [0.1, 0.15) is 0 Å². The fraction of sp³-hybridized carbons (Fsp3) is 0.368. The van der Waals surface area contributed by atoms with Crippen LogP contribution in [0.25, 0.3) is 0 Å². The van der Waals surface area contributed by atoms with Gasteiger partial charge in [-0.2, -0.15) is 4.31 Å². The Bertz CT molecular complexity index is 857. The molecule has 0 aliphatic carbocycles. The number of benzene rings is 1. The van der Waals surface area contributed by atoms with Gasteiger partial charge in [0.05, 0.1) is 6.26 Å². The Hall–Kier alpha value is -2.25. The molecule has 0 saturated carbocycles. The molecule has 0 atom stereocenters. The number of nitrogens with zero attached hydrogens (tertiary/aromatic N) is 2. The summed E-state index contributed by atoms with van der Waals surface area (Å²) in [6.45, 7) is 6.24. The Kier molecular flexibility index (Phi) is 6.50. The molecule has 140 valence electrons. The lowest BCUT2D eigenvalue weighted by Gasteiger charge is -2.20. The predicted molar refractivity (Wildman–Crippen MR) is 103 cm³/mol. The zero-order chi connectivity index (χ0) is 19.3. The SMILES string of the molecule is Cc1cc(C)c(NC(=O)CCN(Cc2ccncc2)S(C)(=O)=O)c(C)c1. The van der Waals surface area contributed by atoms with Crippen molar-refractivity contribution < 1.29 is 13.2 Å². The van der Waals surface area contributed by atoms with Crippen LogP contribution in [-0.4, -0.2) is 36.4 Å². The lowest BCUT2D eigenvalue weighted by molar-refractivity contribution is -0.116. The Labute approximate surface area is 155 Å². The third-order valence-corrected chi connectivity index (χ3v) is 5.36. The quantitative estimate of drug-likeness (QED) is 0.807. The maximum absolute atomic E-state index is 12.3. The molecule has 0 spiro atoms. The van der Waals surface area contributed by atoms with E-state index < -0.39 is 10.0 Å². The molecule has 7 heteroatoms. The highest BCUT2D eigenvalue weighted by atomic mass is 32.2. The number of sulfonamides is 1. The molecule has 0 fully saturated rings. The molecule has 1 amide bonds. The minimum atomic E-state index is -3.42. The molecule has 1 heterocycles. The number of nitrogens with one attached hydrogen (secondary N) is 1. The van der Waals surface area contributed by atoms with E-state index in [4.69, 9.17) is 0 Å². The van der Waals surface area contributed by atoms with Crippen molar-refractivity contribution in [3.63, 3.8) is 0 Å². The first-order chi connectivity index (χ1) is 12.2. The molecule has 1 aromatic carbocycles. The number of aryl methyl sites for hydroxylation is 3. The third kappa shape index (κ3) is 5.64. The smallest absolute Gasteiger partial charge is 0.225 e. The number of hydrogen-bond acceptors (Lipinski definition) is 4. The van der Waals surface area contributed by atoms with Crippen LogP contribution >= 0.6 is 0 Å². The second-order valence-electron chi connectivity index (χ2n) is 6.52. The maximum atomic E-state index is 12.3. The number of rotatable bonds is 7. The summed E-state index contributed by atoms with van der Waals surface area (Å²) in [5.74, 6) is -0.205. The Morgan fingerprint density at radius 1 is 1.12 bits per heavy atom. The van der Waals surface area contributed by atoms with Crippen LogP contribution in [0.5, 0.6) is 0 Å². The van der Waals surface area contributed by atoms with Gasteiger partial charge in [0, 0.05) is 37.6 Å². The number of carbonyl (C=O) groups is 1. The van der Waals surface area contributed by atoms with E-state index >= 15 is 0 Å². The van der Waals surface area contributed by atoms with Crippen molar-refractivity contribution >= 4 is 21.6 Å². The molecule has 2 rings (SSSR count). The number of pyridine rings is 1. The average molecular weight is 375 g/mol. The van der Waals surface area contributed by atoms with E-state index in [0.717, 1.165) is 34.2 Å². The molecule has 6 nitrogen and oxygen atoms in total. The topological polar surface area (TPSA) is 79.4 Å². The van der Waals surface area contributed by atoms with Gasteiger partial charge in [-0.05, 0) is 49.6 Å². The highest BCUT2D eigenvalue weighted by Crippen LogP contribution is 2.22. The number of carbonyl (C=O) groups excluding carboxylic acids is 1. The third-order valence-electron chi connectivity index (χ3n) is 4.11. The lowest BCUT2D eigenvalue weighted by atomic mass is 10.1. The summed E-state index contributed by atoms with van der Waals surface area (Å²) < 4.78 is 25.4. The Morgan fingerprint density at radius 2 is 1.69 bits per heavy atom. The van der Waals surface area contributed by atoms with E-state index in [-0.39, 0.29) is 25.4 Å². The van der Waals surface area contributed by atoms with Crippen LogP contribution in [0.1, 0.15) is 28.7 Å². The van der Waals surface area contributed by atoms with Crippen LogP contribution < -0.4 is 5.32 Å². The number of anilines is 1. The summed E-state index contributed by atoms with van der Waals surface area (Å²) in [7, 11) is -3.42. The molecule has 0 aliphatic rings. The van der Waals surface area contributed by atoms with Gasteiger partial charge in [0.15, 0.2) is 0 Å². The van der Waals surface area contributed by atoms with Crippen LogP contribution in [-0.2, 0) is 21.4 Å². The van der Waals surface area contributed by atoms with Crippen LogP contribution in [0.15, 0.2) is 36.7 Å². The number of amides is 1. The van der Waals surface area contributed by atoms with Crippen molar-refractivity contribution in [3.8, 4) is 0 Å². The fourth-order valence-electron chi connectivity index (χ4n) is 2.86. The summed E-state index contributed by atoms with van der Waals surface area (Å²) in [6, 6.07) is 7.54. The minimum Gasteiger partial charge on any atom is -0.326 e. The summed E-state index contributed by atoms with van der Waals surface area (Å²) in [6.07, 6.45) is 4.47. The summed E-state index contributed by atoms with van der Waals surface area (Å²) in [4.78, 5) is 16.3. The monoisotopic (exact) mass is 375 g/mol. The van der Waals surface area contributed by atoms with Crippen molar-refractivity contribution in [2.45, 2.75) is 33.7 Å². The number of hydrogen-bond donors (Lipinski definition) is 1. The van der Waals surface area contributed by atoms with Crippen LogP contribution in [0.2, 0.25) is 0 Å². The van der Waals surface area contributed by atoms with Gasteiger partial charge in [0.2, 0.25) is 15.9 Å². The molecule has 0 saturated heterocycles. The molecule has 1 N–H and O–H groups in total. The highest BCUT2D eigenvalue weighted by Gasteiger charge is 2.19. The van der Waals surface area contributed by atoms with Crippen molar-refractivity contribution in [1.29, 1.82) is 0 Å². The average Bonchev–Trinajstić information content (AvgIpc) is 2.54. The van der Waals surface area contributed by atoms with Crippen molar-refractivity contribution in [3.05, 3.63) is 58.9 Å². The molecular formula is C19H25N3O3S. The van der Waals surface area contributed by atoms with Gasteiger partial charge < -0.3 is 5.32 Å². The minimum absolute atomic E-state index is 0.0882. The molecular weight excluding hydrogens is 350 g/mol. The van der Waals surface area contributed by atoms with Crippen molar-refractivity contribution in [1.82, 2.24) is 9.29 Å². The van der Waals surface area contributed by atoms with E-state index in [1.165, 1.54) is 4.31 Å². The van der Waals surface area contributed by atoms with Gasteiger partial charge >= 0.3 is 0 Å². The first-order valence-electron chi connectivity index (χ1n) is 8.38. The van der Waals surface area contributed by atoms with E-state index in [1.54, 1.807) is 24.5 Å². The van der Waals surface area contributed by atoms with Crippen LogP contribution in [0.4, 0.5) is 5.69 Å². The summed E-state index contributed by atoms with van der Waals surface area (Å²) >= 11 is 0. The van der Waals surface area contributed by atoms with Crippen LogP contribution in [0.3, 0.4) is 0 Å². The Balaban J connectivity index is 2.03. The molecule has 26 heavy (non-hydrogen) atoms. The van der Waals surface area contributed by atoms with Gasteiger partial charge in [-0.3, -0.25) is 9.78 Å². The molecule has 0 aliphatic heterocycles. The second-order valence-corrected chi connectivity index (χ2v) is 8.51. The first kappa shape index (κ1) is 20.1. The fourth-order valence-corrected chi connectivity index (χ4v) is 3.67. The molecule has 2 aromatic rings. The van der Waals surface area contributed by atoms with Crippen molar-refractivity contribution in [2.24, 2.45) is 0 Å². The largest absolute Gasteiger partial charge is 0.326 e. The first-order valence-corrected chi connectivity index (χ1v) is 10.2. The van der Waals surface area contributed by atoms with Gasteiger partial charge in [0.25, 0.3) is 0 Å². The molecule has 0 bridgehead atoms. The van der Waals surface area contributed by atoms with E-state index in [2.05, 4.69) is 10.3 Å². The predicted octanol–water partition coefficient (Wildman–Crippen LogP) is 2.80. The van der Waals surface area contributed by atoms with Crippen LogP contribution in [0, 0.1) is 20.8 Å². The lowest BCUT2D eigenvalue weighted by Crippen LogP contribution is -2.32. The zero-order valence-corrected chi connectivity index (χ0v) is 16.4. The van der Waals surface area contributed by atoms with E-state index in [0.29, 0.717) is 0 Å². The summed E-state index contributed by atoms with van der Waals surface area (Å²) in [5, 5.41) is 2.91. The Morgan fingerprint density at radius 3 is 2.23 bits per heavy atom. The molecule has 0 unspecified atom stereocenters. The highest BCUT2D eigenvalue weighted by molar-refractivity contribution is 7.88. The van der Waals surface area contributed by atoms with Gasteiger partial charge in [-0.1, -0.05) is 17.7 Å². The van der Waals surface area contributed by atoms with E-state index in [1.807, 2.05) is 32.9 Å². The standard InChI is InChI=1S/C19H25N3O3S/c1-14-11-15(2)19(16(3)12-14)21-18(23)7-10-22(26(4,24)25)13-17-5-8-20-9-6-17/h5-6,8-9,11-12H,7,10,13H2,1-4H3,(H,21,23). The molecule has 0 radical (unpaired) electrons. The zero-order valence-electron chi connectivity index (χ0n) is 15.6. The number of aromatic nitrogens is 1. The van der Waals surface area contributed by atoms with Gasteiger partial charge in [-0.15, -0.1) is 0 Å². The maximum Gasteiger partial charge on any atom is 0.225 e. The van der Waals surface area contributed by atoms with E-state index in [9.17, 15) is 13.2 Å². The van der Waals surface area contributed by atoms with Crippen molar-refractivity contribution in [2.75, 3.05) is 18.1 Å².